The summed E-state index contributed by atoms with van der Waals surface area (Å²) < 4.78 is 28.2. The number of carbonyl (C=O) groups is 1. The summed E-state index contributed by atoms with van der Waals surface area (Å²) in [5, 5.41) is 11.5. The third-order valence-electron chi connectivity index (χ3n) is 7.65. The number of hydrogen-bond acceptors (Lipinski definition) is 1. The summed E-state index contributed by atoms with van der Waals surface area (Å²) in [4.78, 5) is 10.6. The Morgan fingerprint density at radius 1 is 0.750 bits per heavy atom. The van der Waals surface area contributed by atoms with Crippen molar-refractivity contribution < 1.29 is 42.7 Å². The van der Waals surface area contributed by atoms with E-state index in [9.17, 15) is 13.6 Å². The number of halogens is 3. The van der Waals surface area contributed by atoms with Crippen molar-refractivity contribution >= 4 is 23.8 Å². The molecule has 0 aromatic heterocycles. The Morgan fingerprint density at radius 2 is 1.17 bits per heavy atom. The first-order valence-electron chi connectivity index (χ1n) is 13.5. The van der Waals surface area contributed by atoms with Crippen molar-refractivity contribution in [1.29, 1.82) is 0 Å². The highest BCUT2D eigenvalue weighted by molar-refractivity contribution is 7.90. The van der Waals surface area contributed by atoms with Crippen molar-refractivity contribution in [1.82, 2.24) is 0 Å². The fourth-order valence-corrected chi connectivity index (χ4v) is 11.0. The van der Waals surface area contributed by atoms with Crippen LogP contribution >= 0.6 is 7.26 Å². The van der Waals surface area contributed by atoms with Crippen molar-refractivity contribution in [2.45, 2.75) is 101 Å². The van der Waals surface area contributed by atoms with Gasteiger partial charge in [0, 0.05) is 19.3 Å². The molecule has 36 heavy (non-hydrogen) atoms. The molecule has 1 fully saturated rings. The van der Waals surface area contributed by atoms with Crippen molar-refractivity contribution in [3.8, 4) is 0 Å². The number of carboxylic acids is 1. The third kappa shape index (κ3) is 9.35. The van der Waals surface area contributed by atoms with E-state index in [0.29, 0.717) is 18.5 Å². The van der Waals surface area contributed by atoms with E-state index < -0.39 is 19.2 Å². The molecule has 2 aromatic carbocycles. The van der Waals surface area contributed by atoms with Gasteiger partial charge in [0.25, 0.3) is 0 Å². The molecule has 0 radical (unpaired) electrons. The molecule has 1 saturated carbocycles. The fraction of sp³-hybridized carbons (Fsp3) is 0.567. The van der Waals surface area contributed by atoms with Crippen LogP contribution in [0, 0.1) is 0 Å². The van der Waals surface area contributed by atoms with Crippen LogP contribution in [0.5, 0.6) is 0 Å². The van der Waals surface area contributed by atoms with Crippen LogP contribution in [0.15, 0.2) is 60.7 Å². The van der Waals surface area contributed by atoms with Crippen LogP contribution < -0.4 is 34.6 Å². The van der Waals surface area contributed by atoms with Gasteiger partial charge in [-0.05, 0) is 56.4 Å². The second-order valence-corrected chi connectivity index (χ2v) is 14.1. The third-order valence-corrected chi connectivity index (χ3v) is 12.9. The van der Waals surface area contributed by atoms with Gasteiger partial charge < -0.3 is 29.1 Å². The van der Waals surface area contributed by atoms with Gasteiger partial charge in [-0.2, -0.15) is 0 Å². The summed E-state index contributed by atoms with van der Waals surface area (Å²) in [5.74, 6) is -3.20. The lowest BCUT2D eigenvalue weighted by Gasteiger charge is -2.38. The second kappa shape index (κ2) is 16.0. The molecule has 200 valence electrons. The number of unbranched alkanes of at least 4 members (excludes halogenated alkanes) is 8. The summed E-state index contributed by atoms with van der Waals surface area (Å²) in [6, 6.07) is 21.6. The molecular weight excluding hydrogens is 588 g/mol. The average molecular weight is 631 g/mol. The normalized spacial score (nSPS) is 15.8. The zero-order valence-electron chi connectivity index (χ0n) is 21.4. The summed E-state index contributed by atoms with van der Waals surface area (Å²) in [5.41, 5.74) is 0.331. The molecule has 2 nitrogen and oxygen atoms in total. The van der Waals surface area contributed by atoms with Crippen molar-refractivity contribution in [3.05, 3.63) is 60.7 Å². The molecule has 0 spiro atoms. The van der Waals surface area contributed by atoms with Crippen LogP contribution in [0.1, 0.15) is 89.9 Å². The monoisotopic (exact) mass is 630 g/mol. The van der Waals surface area contributed by atoms with Crippen LogP contribution in [0.3, 0.4) is 0 Å². The smallest absolute Gasteiger partial charge is 0.303 e. The van der Waals surface area contributed by atoms with Crippen molar-refractivity contribution in [2.24, 2.45) is 0 Å². The van der Waals surface area contributed by atoms with Gasteiger partial charge in [-0.3, -0.25) is 4.79 Å². The Morgan fingerprint density at radius 3 is 1.61 bits per heavy atom. The van der Waals surface area contributed by atoms with E-state index in [1.807, 2.05) is 0 Å². The summed E-state index contributed by atoms with van der Waals surface area (Å²) in [6.45, 7) is 0. The van der Waals surface area contributed by atoms with E-state index >= 15 is 0 Å². The molecule has 0 atom stereocenters. The maximum atomic E-state index is 14.1. The maximum absolute atomic E-state index is 14.1. The Bertz CT molecular complexity index is 830. The molecule has 0 saturated heterocycles. The molecule has 1 N–H and O–H groups in total. The predicted molar refractivity (Wildman–Crippen MR) is 145 cm³/mol. The minimum absolute atomic E-state index is 0. The minimum atomic E-state index is -2.51. The first-order valence-corrected chi connectivity index (χ1v) is 15.6. The van der Waals surface area contributed by atoms with E-state index in [1.54, 1.807) is 0 Å². The highest BCUT2D eigenvalue weighted by atomic mass is 127. The molecule has 3 rings (SSSR count). The number of benzene rings is 2. The topological polar surface area (TPSA) is 37.3 Å². The fourth-order valence-electron chi connectivity index (χ4n) is 5.74. The molecule has 0 amide bonds. The Hall–Kier alpha value is -1.07. The molecule has 6 heteroatoms. The molecule has 1 aliphatic carbocycles. The van der Waals surface area contributed by atoms with Gasteiger partial charge >= 0.3 is 5.97 Å². The highest BCUT2D eigenvalue weighted by Gasteiger charge is 2.52. The average Bonchev–Trinajstić information content (AvgIpc) is 2.86. The molecule has 0 unspecified atom stereocenters. The van der Waals surface area contributed by atoms with E-state index in [4.69, 9.17) is 5.11 Å². The quantitative estimate of drug-likeness (QED) is 0.167. The standard InChI is InChI=1S/C30H41F2O2P.HI/c31-30(32)23-21-28(22-24-30)35(26-16-10-8-11-17-26,27-18-12-9-13-19-27)25-15-7-5-3-1-2-4-6-14-20-29(33)34;/h8-13,16-19,28H,1-7,14-15,20-25H2;1H. The lowest BCUT2D eigenvalue weighted by atomic mass is 9.96. The van der Waals surface area contributed by atoms with E-state index in [1.165, 1.54) is 42.7 Å². The maximum Gasteiger partial charge on any atom is 0.303 e. The Kier molecular flexibility index (Phi) is 13.9. The predicted octanol–water partition coefficient (Wildman–Crippen LogP) is 5.22. The van der Waals surface area contributed by atoms with Crippen LogP contribution in [0.2, 0.25) is 0 Å². The molecule has 1 aliphatic rings. The minimum Gasteiger partial charge on any atom is -1.00 e. The highest BCUT2D eigenvalue weighted by Crippen LogP contribution is 2.65. The van der Waals surface area contributed by atoms with E-state index in [2.05, 4.69) is 60.7 Å². The lowest BCUT2D eigenvalue weighted by molar-refractivity contribution is -0.137. The Balaban J connectivity index is 0.00000456. The van der Waals surface area contributed by atoms with E-state index in [0.717, 1.165) is 31.8 Å². The Labute approximate surface area is 234 Å². The molecule has 2 aromatic rings. The van der Waals surface area contributed by atoms with Crippen LogP contribution in [-0.4, -0.2) is 28.8 Å². The van der Waals surface area contributed by atoms with Gasteiger partial charge in [0.15, 0.2) is 0 Å². The lowest BCUT2D eigenvalue weighted by Crippen LogP contribution is -3.00. The number of rotatable bonds is 15. The first-order chi connectivity index (χ1) is 16.9. The van der Waals surface area contributed by atoms with Gasteiger partial charge in [0.1, 0.15) is 0 Å². The van der Waals surface area contributed by atoms with Gasteiger partial charge in [-0.15, -0.1) is 0 Å². The summed E-state index contributed by atoms with van der Waals surface area (Å²) in [7, 11) is -1.80. The van der Waals surface area contributed by atoms with Gasteiger partial charge in [0.05, 0.1) is 29.7 Å². The van der Waals surface area contributed by atoms with E-state index in [-0.39, 0.29) is 43.2 Å². The summed E-state index contributed by atoms with van der Waals surface area (Å²) in [6.07, 6.45) is 12.7. The first kappa shape index (κ1) is 31.1. The van der Waals surface area contributed by atoms with Crippen molar-refractivity contribution in [3.63, 3.8) is 0 Å². The van der Waals surface area contributed by atoms with Gasteiger partial charge in [-0.1, -0.05) is 74.9 Å². The largest absolute Gasteiger partial charge is 1.00 e. The van der Waals surface area contributed by atoms with Gasteiger partial charge in [-0.25, -0.2) is 8.78 Å². The zero-order chi connectivity index (χ0) is 25.0. The van der Waals surface area contributed by atoms with Crippen LogP contribution in [0.4, 0.5) is 8.78 Å². The van der Waals surface area contributed by atoms with Crippen molar-refractivity contribution in [2.75, 3.05) is 6.16 Å². The number of carboxylic acid groups (broad SMARTS) is 1. The molecule has 0 bridgehead atoms. The molecule has 0 aliphatic heterocycles. The number of hydrogen-bond donors (Lipinski definition) is 1. The SMILES string of the molecule is O=C(O)CCCCCCCCCCC[P+](c1ccccc1)(c1ccccc1)C1CCC(F)(F)CC1.[I-]. The van der Waals surface area contributed by atoms with Crippen LogP contribution in [0.25, 0.3) is 0 Å². The molecule has 0 heterocycles. The zero-order valence-corrected chi connectivity index (χ0v) is 24.4. The van der Waals surface area contributed by atoms with Crippen LogP contribution in [-0.2, 0) is 4.79 Å². The number of aliphatic carboxylic acids is 1. The van der Waals surface area contributed by atoms with Gasteiger partial charge in [0.2, 0.25) is 5.92 Å². The second-order valence-electron chi connectivity index (χ2n) is 10.2. The number of alkyl halides is 2. The molecular formula is C30H42F2IO2P. The summed E-state index contributed by atoms with van der Waals surface area (Å²) >= 11 is 0.